The molecule has 1 fully saturated rings. The van der Waals surface area contributed by atoms with Gasteiger partial charge in [-0.15, -0.1) is 0 Å². The van der Waals surface area contributed by atoms with Crippen molar-refractivity contribution in [3.8, 4) is 0 Å². The molecule has 9 heteroatoms. The van der Waals surface area contributed by atoms with Crippen LogP contribution >= 0.6 is 0 Å². The van der Waals surface area contributed by atoms with Crippen molar-refractivity contribution in [2.45, 2.75) is 130 Å². The molecule has 1 aliphatic rings. The Balaban J connectivity index is 2.83. The van der Waals surface area contributed by atoms with Crippen molar-refractivity contribution in [3.63, 3.8) is 0 Å². The Bertz CT molecular complexity index is 989. The molecule has 11 atom stereocenters. The van der Waals surface area contributed by atoms with Crippen LogP contribution in [0.3, 0.4) is 0 Å². The van der Waals surface area contributed by atoms with Crippen molar-refractivity contribution in [2.75, 3.05) is 28.4 Å². The molecular weight excluding hydrogens is 588 g/mol. The standard InChI is InChI=1S/C37H64O9/c1-11-12-29(30(38)15-13-25(4)35(40)26(5)20-28-14-16-31(39)32(22-28)43-7)18-23(2)17-24(3)19-33(44-8)36(41)34(45-9)21-27(6)37(42)46-10/h13,15,18,20,24-25,27-29,31-36,39-41H,11-12,14,16-17,19,21-22H2,1-10H3. The second-order valence-electron chi connectivity index (χ2n) is 13.5. The number of rotatable bonds is 21. The summed E-state index contributed by atoms with van der Waals surface area (Å²) in [5, 5.41) is 32.1. The molecular formula is C37H64O9. The van der Waals surface area contributed by atoms with Gasteiger partial charge in [0.05, 0.1) is 43.5 Å². The van der Waals surface area contributed by atoms with Crippen LogP contribution < -0.4 is 0 Å². The van der Waals surface area contributed by atoms with E-state index in [0.717, 1.165) is 43.3 Å². The van der Waals surface area contributed by atoms with Gasteiger partial charge in [0.15, 0.2) is 5.78 Å². The fourth-order valence-electron chi connectivity index (χ4n) is 6.60. The van der Waals surface area contributed by atoms with Crippen LogP contribution in [-0.2, 0) is 28.5 Å². The van der Waals surface area contributed by atoms with Crippen LogP contribution in [0, 0.1) is 29.6 Å². The number of carbonyl (C=O) groups is 2. The maximum atomic E-state index is 13.3. The number of hydrogen-bond donors (Lipinski definition) is 3. The van der Waals surface area contributed by atoms with Gasteiger partial charge in [0.1, 0.15) is 6.10 Å². The van der Waals surface area contributed by atoms with Crippen LogP contribution in [0.4, 0.5) is 0 Å². The molecule has 0 saturated heterocycles. The Morgan fingerprint density at radius 1 is 0.957 bits per heavy atom. The van der Waals surface area contributed by atoms with Gasteiger partial charge >= 0.3 is 5.97 Å². The van der Waals surface area contributed by atoms with Crippen molar-refractivity contribution < 1.29 is 43.9 Å². The highest BCUT2D eigenvalue weighted by atomic mass is 16.5. The summed E-state index contributed by atoms with van der Waals surface area (Å²) in [7, 11) is 6.04. The zero-order chi connectivity index (χ0) is 35.0. The zero-order valence-corrected chi connectivity index (χ0v) is 30.1. The number of methoxy groups -OCH3 is 4. The first-order chi connectivity index (χ1) is 21.7. The summed E-state index contributed by atoms with van der Waals surface area (Å²) in [6.07, 6.45) is 9.74. The van der Waals surface area contributed by atoms with Crippen LogP contribution in [0.1, 0.15) is 92.9 Å². The average Bonchev–Trinajstić information content (AvgIpc) is 3.03. The molecule has 266 valence electrons. The largest absolute Gasteiger partial charge is 0.469 e. The van der Waals surface area contributed by atoms with E-state index in [0.29, 0.717) is 19.3 Å². The summed E-state index contributed by atoms with van der Waals surface area (Å²) in [6.45, 7) is 11.8. The Morgan fingerprint density at radius 3 is 2.15 bits per heavy atom. The molecule has 0 aromatic carbocycles. The molecule has 1 rings (SSSR count). The van der Waals surface area contributed by atoms with Gasteiger partial charge in [-0.25, -0.2) is 0 Å². The highest BCUT2D eigenvalue weighted by Crippen LogP contribution is 2.30. The highest BCUT2D eigenvalue weighted by Gasteiger charge is 2.32. The summed E-state index contributed by atoms with van der Waals surface area (Å²) in [4.78, 5) is 25.2. The van der Waals surface area contributed by atoms with E-state index in [-0.39, 0.29) is 41.5 Å². The van der Waals surface area contributed by atoms with Gasteiger partial charge in [-0.05, 0) is 82.3 Å². The maximum absolute atomic E-state index is 13.3. The molecule has 46 heavy (non-hydrogen) atoms. The first-order valence-corrected chi connectivity index (χ1v) is 17.0. The fourth-order valence-corrected chi connectivity index (χ4v) is 6.60. The summed E-state index contributed by atoms with van der Waals surface area (Å²) in [5.74, 6) is -0.828. The van der Waals surface area contributed by atoms with Crippen LogP contribution in [0.15, 0.2) is 35.5 Å². The molecule has 0 aromatic heterocycles. The van der Waals surface area contributed by atoms with E-state index in [4.69, 9.17) is 18.9 Å². The Morgan fingerprint density at radius 2 is 1.59 bits per heavy atom. The van der Waals surface area contributed by atoms with Crippen LogP contribution in [0.2, 0.25) is 0 Å². The van der Waals surface area contributed by atoms with Gasteiger partial charge < -0.3 is 34.3 Å². The number of aliphatic hydroxyl groups excluding tert-OH is 3. The topological polar surface area (TPSA) is 132 Å². The third-order valence-corrected chi connectivity index (χ3v) is 9.44. The van der Waals surface area contributed by atoms with E-state index in [9.17, 15) is 24.9 Å². The van der Waals surface area contributed by atoms with Crippen LogP contribution in [0.25, 0.3) is 0 Å². The van der Waals surface area contributed by atoms with Gasteiger partial charge in [-0.3, -0.25) is 9.59 Å². The van der Waals surface area contributed by atoms with E-state index < -0.39 is 36.4 Å². The van der Waals surface area contributed by atoms with E-state index in [1.165, 1.54) is 14.2 Å². The molecule has 11 unspecified atom stereocenters. The fraction of sp³-hybridized carbons (Fsp3) is 0.784. The molecule has 9 nitrogen and oxygen atoms in total. The van der Waals surface area contributed by atoms with Crippen molar-refractivity contribution in [1.29, 1.82) is 0 Å². The summed E-state index contributed by atoms with van der Waals surface area (Å²) in [5.41, 5.74) is 1.96. The molecule has 1 aliphatic carbocycles. The number of aliphatic hydroxyl groups is 3. The van der Waals surface area contributed by atoms with Crippen LogP contribution in [-0.4, -0.2) is 92.1 Å². The van der Waals surface area contributed by atoms with Gasteiger partial charge in [-0.1, -0.05) is 57.9 Å². The predicted molar refractivity (Wildman–Crippen MR) is 181 cm³/mol. The quantitative estimate of drug-likeness (QED) is 0.0824. The molecule has 1 saturated carbocycles. The lowest BCUT2D eigenvalue weighted by Gasteiger charge is -2.31. The van der Waals surface area contributed by atoms with Crippen LogP contribution in [0.5, 0.6) is 0 Å². The Labute approximate surface area is 278 Å². The Hall–Kier alpha value is -1.88. The minimum atomic E-state index is -0.915. The number of esters is 1. The van der Waals surface area contributed by atoms with Gasteiger partial charge in [0.2, 0.25) is 0 Å². The third-order valence-electron chi connectivity index (χ3n) is 9.44. The summed E-state index contributed by atoms with van der Waals surface area (Å²) < 4.78 is 21.4. The lowest BCUT2D eigenvalue weighted by Crippen LogP contribution is -2.42. The van der Waals surface area contributed by atoms with E-state index in [2.05, 4.69) is 26.0 Å². The van der Waals surface area contributed by atoms with E-state index >= 15 is 0 Å². The lowest BCUT2D eigenvalue weighted by atomic mass is 9.83. The van der Waals surface area contributed by atoms with Gasteiger partial charge in [-0.2, -0.15) is 0 Å². The minimum absolute atomic E-state index is 0.0200. The zero-order valence-electron chi connectivity index (χ0n) is 30.1. The van der Waals surface area contributed by atoms with E-state index in [1.54, 1.807) is 33.3 Å². The normalized spacial score (nSPS) is 24.9. The van der Waals surface area contributed by atoms with E-state index in [1.807, 2.05) is 20.8 Å². The average molecular weight is 653 g/mol. The van der Waals surface area contributed by atoms with Crippen molar-refractivity contribution >= 4 is 11.8 Å². The Kier molecular flexibility index (Phi) is 20.1. The minimum Gasteiger partial charge on any atom is -0.469 e. The number of ether oxygens (including phenoxy) is 4. The molecule has 0 spiro atoms. The maximum Gasteiger partial charge on any atom is 0.308 e. The molecule has 0 amide bonds. The smallest absolute Gasteiger partial charge is 0.308 e. The van der Waals surface area contributed by atoms with Gasteiger partial charge in [0.25, 0.3) is 0 Å². The highest BCUT2D eigenvalue weighted by molar-refractivity contribution is 5.93. The summed E-state index contributed by atoms with van der Waals surface area (Å²) >= 11 is 0. The second-order valence-corrected chi connectivity index (χ2v) is 13.5. The van der Waals surface area contributed by atoms with Crippen molar-refractivity contribution in [2.24, 2.45) is 29.6 Å². The number of allylic oxidation sites excluding steroid dienone is 4. The molecule has 0 aliphatic heterocycles. The SMILES string of the molecule is CCCC(C=C(C)CC(C)CC(OC)C(O)C(CC(C)C(=O)OC)OC)C(=O)C=CC(C)C(O)C(C)=CC1CCC(O)C(OC)C1. The number of hydrogen-bond acceptors (Lipinski definition) is 9. The number of carbonyl (C=O) groups excluding carboxylic acids is 2. The van der Waals surface area contributed by atoms with Gasteiger partial charge in [0, 0.05) is 33.2 Å². The van der Waals surface area contributed by atoms with Crippen molar-refractivity contribution in [1.82, 2.24) is 0 Å². The predicted octanol–water partition coefficient (Wildman–Crippen LogP) is 5.60. The second kappa shape index (κ2) is 21.9. The monoisotopic (exact) mass is 652 g/mol. The molecule has 0 aromatic rings. The lowest BCUT2D eigenvalue weighted by molar-refractivity contribution is -0.148. The molecule has 0 heterocycles. The first-order valence-electron chi connectivity index (χ1n) is 17.0. The molecule has 3 N–H and O–H groups in total. The molecule has 0 radical (unpaired) electrons. The third kappa shape index (κ3) is 14.1. The number of ketones is 1. The van der Waals surface area contributed by atoms with Crippen molar-refractivity contribution in [3.05, 3.63) is 35.5 Å². The first kappa shape index (κ1) is 42.1. The molecule has 0 bridgehead atoms. The summed E-state index contributed by atoms with van der Waals surface area (Å²) in [6, 6.07) is 0.